The van der Waals surface area contributed by atoms with Crippen LogP contribution in [0, 0.1) is 6.92 Å². The van der Waals surface area contributed by atoms with Crippen molar-refractivity contribution in [3.63, 3.8) is 0 Å². The van der Waals surface area contributed by atoms with Crippen molar-refractivity contribution in [1.82, 2.24) is 5.32 Å². The maximum absolute atomic E-state index is 5.41. The summed E-state index contributed by atoms with van der Waals surface area (Å²) in [7, 11) is 3.71. The van der Waals surface area contributed by atoms with Crippen LogP contribution in [0.2, 0.25) is 0 Å². The monoisotopic (exact) mass is 333 g/mol. The fraction of sp³-hybridized carbons (Fsp3) is 0.294. The molecule has 1 N–H and O–H groups in total. The van der Waals surface area contributed by atoms with Gasteiger partial charge in [-0.15, -0.1) is 0 Å². The number of ether oxygens (including phenoxy) is 1. The summed E-state index contributed by atoms with van der Waals surface area (Å²) < 4.78 is 6.52. The Hall–Kier alpha value is -1.32. The van der Waals surface area contributed by atoms with Crippen molar-refractivity contribution in [2.75, 3.05) is 14.2 Å². The number of aryl methyl sites for hydroxylation is 1. The van der Waals surface area contributed by atoms with Crippen LogP contribution in [0.3, 0.4) is 0 Å². The van der Waals surface area contributed by atoms with Crippen LogP contribution in [0.1, 0.15) is 22.7 Å². The first-order chi connectivity index (χ1) is 9.63. The summed E-state index contributed by atoms with van der Waals surface area (Å²) in [6, 6.07) is 15.1. The van der Waals surface area contributed by atoms with Crippen molar-refractivity contribution >= 4 is 15.9 Å². The molecular weight excluding hydrogens is 314 g/mol. The molecule has 2 rings (SSSR count). The van der Waals surface area contributed by atoms with Crippen LogP contribution in [0.25, 0.3) is 0 Å². The van der Waals surface area contributed by atoms with Gasteiger partial charge in [0.05, 0.1) is 7.11 Å². The molecule has 0 bridgehead atoms. The number of nitrogens with one attached hydrogen (secondary N) is 1. The Morgan fingerprint density at radius 2 is 1.85 bits per heavy atom. The number of benzene rings is 2. The molecule has 0 saturated carbocycles. The average Bonchev–Trinajstić information content (AvgIpc) is 2.47. The number of hydrogen-bond donors (Lipinski definition) is 1. The quantitative estimate of drug-likeness (QED) is 0.882. The Morgan fingerprint density at radius 3 is 2.45 bits per heavy atom. The lowest BCUT2D eigenvalue weighted by Crippen LogP contribution is -2.19. The number of hydrogen-bond acceptors (Lipinski definition) is 2. The fourth-order valence-electron chi connectivity index (χ4n) is 2.30. The maximum atomic E-state index is 5.41. The van der Waals surface area contributed by atoms with E-state index in [4.69, 9.17) is 4.74 Å². The van der Waals surface area contributed by atoms with E-state index in [1.54, 1.807) is 7.11 Å². The van der Waals surface area contributed by atoms with Crippen LogP contribution in [0.15, 0.2) is 46.9 Å². The highest BCUT2D eigenvalue weighted by Crippen LogP contribution is 2.25. The van der Waals surface area contributed by atoms with E-state index < -0.39 is 0 Å². The predicted octanol–water partition coefficient (Wildman–Crippen LogP) is 4.27. The van der Waals surface area contributed by atoms with Crippen LogP contribution in [-0.4, -0.2) is 14.2 Å². The molecule has 0 fully saturated rings. The van der Waals surface area contributed by atoms with Crippen LogP contribution in [-0.2, 0) is 6.42 Å². The first kappa shape index (κ1) is 15.1. The summed E-state index contributed by atoms with van der Waals surface area (Å²) in [5.41, 5.74) is 3.72. The Labute approximate surface area is 129 Å². The number of rotatable bonds is 5. The van der Waals surface area contributed by atoms with E-state index in [1.165, 1.54) is 11.1 Å². The topological polar surface area (TPSA) is 21.3 Å². The van der Waals surface area contributed by atoms with Gasteiger partial charge in [-0.3, -0.25) is 0 Å². The van der Waals surface area contributed by atoms with Gasteiger partial charge in [0.2, 0.25) is 0 Å². The van der Waals surface area contributed by atoms with Crippen LogP contribution >= 0.6 is 15.9 Å². The van der Waals surface area contributed by atoms with Gasteiger partial charge in [-0.2, -0.15) is 0 Å². The van der Waals surface area contributed by atoms with Gasteiger partial charge in [0, 0.05) is 10.5 Å². The van der Waals surface area contributed by atoms with Crippen molar-refractivity contribution in [3.05, 3.63) is 63.6 Å². The first-order valence-electron chi connectivity index (χ1n) is 6.70. The second-order valence-corrected chi connectivity index (χ2v) is 5.82. The smallest absolute Gasteiger partial charge is 0.122 e. The Bertz CT molecular complexity index is 566. The molecule has 0 radical (unpaired) electrons. The van der Waals surface area contributed by atoms with E-state index in [0.717, 1.165) is 22.2 Å². The largest absolute Gasteiger partial charge is 0.496 e. The second kappa shape index (κ2) is 6.91. The maximum Gasteiger partial charge on any atom is 0.122 e. The molecule has 0 aliphatic carbocycles. The minimum Gasteiger partial charge on any atom is -0.496 e. The molecule has 3 heteroatoms. The number of likely N-dealkylation sites (N-methyl/N-ethyl adjacent to an activating group) is 1. The molecule has 2 nitrogen and oxygen atoms in total. The Kier molecular flexibility index (Phi) is 5.21. The van der Waals surface area contributed by atoms with Gasteiger partial charge < -0.3 is 10.1 Å². The predicted molar refractivity (Wildman–Crippen MR) is 87.4 cm³/mol. The SMILES string of the molecule is CNC(Cc1ccc(Br)cc1)c1ccc(C)c(OC)c1. The molecule has 2 aromatic rings. The summed E-state index contributed by atoms with van der Waals surface area (Å²) in [5.74, 6) is 0.943. The van der Waals surface area contributed by atoms with E-state index in [0.29, 0.717) is 0 Å². The minimum atomic E-state index is 0.283. The third-order valence-electron chi connectivity index (χ3n) is 3.54. The highest BCUT2D eigenvalue weighted by molar-refractivity contribution is 9.10. The standard InChI is InChI=1S/C17H20BrNO/c1-12-4-7-14(11-17(12)20-3)16(19-2)10-13-5-8-15(18)9-6-13/h4-9,11,16,19H,10H2,1-3H3. The van der Waals surface area contributed by atoms with Crippen molar-refractivity contribution in [2.24, 2.45) is 0 Å². The van der Waals surface area contributed by atoms with E-state index in [2.05, 4.69) is 70.6 Å². The van der Waals surface area contributed by atoms with Crippen molar-refractivity contribution < 1.29 is 4.74 Å². The highest BCUT2D eigenvalue weighted by Gasteiger charge is 2.12. The minimum absolute atomic E-state index is 0.283. The summed E-state index contributed by atoms with van der Waals surface area (Å²) in [5, 5.41) is 3.38. The van der Waals surface area contributed by atoms with Gasteiger partial charge in [-0.05, 0) is 55.3 Å². The van der Waals surface area contributed by atoms with E-state index in [9.17, 15) is 0 Å². The second-order valence-electron chi connectivity index (χ2n) is 4.90. The van der Waals surface area contributed by atoms with Gasteiger partial charge in [0.15, 0.2) is 0 Å². The summed E-state index contributed by atoms with van der Waals surface area (Å²) in [6.07, 6.45) is 0.954. The molecule has 1 unspecified atom stereocenters. The van der Waals surface area contributed by atoms with E-state index in [-0.39, 0.29) is 6.04 Å². The molecule has 20 heavy (non-hydrogen) atoms. The van der Waals surface area contributed by atoms with Gasteiger partial charge in [0.1, 0.15) is 5.75 Å². The third kappa shape index (κ3) is 3.62. The lowest BCUT2D eigenvalue weighted by atomic mass is 9.98. The highest BCUT2D eigenvalue weighted by atomic mass is 79.9. The zero-order valence-electron chi connectivity index (χ0n) is 12.1. The molecule has 106 valence electrons. The average molecular weight is 334 g/mol. The fourth-order valence-corrected chi connectivity index (χ4v) is 2.56. The molecule has 2 aromatic carbocycles. The van der Waals surface area contributed by atoms with E-state index >= 15 is 0 Å². The van der Waals surface area contributed by atoms with Crippen LogP contribution < -0.4 is 10.1 Å². The number of methoxy groups -OCH3 is 1. The first-order valence-corrected chi connectivity index (χ1v) is 7.49. The van der Waals surface area contributed by atoms with Crippen LogP contribution in [0.4, 0.5) is 0 Å². The molecule has 0 spiro atoms. The Balaban J connectivity index is 2.21. The summed E-state index contributed by atoms with van der Waals surface area (Å²) in [6.45, 7) is 2.06. The molecule has 0 aliphatic heterocycles. The summed E-state index contributed by atoms with van der Waals surface area (Å²) >= 11 is 3.47. The zero-order valence-corrected chi connectivity index (χ0v) is 13.7. The molecule has 0 amide bonds. The van der Waals surface area contributed by atoms with E-state index in [1.807, 2.05) is 7.05 Å². The van der Waals surface area contributed by atoms with Gasteiger partial charge in [0.25, 0.3) is 0 Å². The molecule has 0 aromatic heterocycles. The van der Waals surface area contributed by atoms with Crippen molar-refractivity contribution in [2.45, 2.75) is 19.4 Å². The molecule has 1 atom stereocenters. The normalized spacial score (nSPS) is 12.2. The third-order valence-corrected chi connectivity index (χ3v) is 4.06. The van der Waals surface area contributed by atoms with Gasteiger partial charge in [-0.1, -0.05) is 40.2 Å². The zero-order chi connectivity index (χ0) is 14.5. The lowest BCUT2D eigenvalue weighted by Gasteiger charge is -2.18. The molecular formula is C17H20BrNO. The van der Waals surface area contributed by atoms with Crippen LogP contribution in [0.5, 0.6) is 5.75 Å². The van der Waals surface area contributed by atoms with Gasteiger partial charge >= 0.3 is 0 Å². The molecule has 0 heterocycles. The lowest BCUT2D eigenvalue weighted by molar-refractivity contribution is 0.410. The van der Waals surface area contributed by atoms with Crippen molar-refractivity contribution in [1.29, 1.82) is 0 Å². The number of halogens is 1. The van der Waals surface area contributed by atoms with Crippen molar-refractivity contribution in [3.8, 4) is 5.75 Å². The summed E-state index contributed by atoms with van der Waals surface area (Å²) in [4.78, 5) is 0. The van der Waals surface area contributed by atoms with Gasteiger partial charge in [-0.25, -0.2) is 0 Å². The molecule has 0 saturated heterocycles. The Morgan fingerprint density at radius 1 is 1.15 bits per heavy atom. The molecule has 0 aliphatic rings.